The fraction of sp³-hybridized carbons (Fsp3) is 0.250. The van der Waals surface area contributed by atoms with Crippen molar-refractivity contribution >= 4 is 23.2 Å². The maximum Gasteiger partial charge on any atom is 0.270 e. The molecule has 0 aromatic heterocycles. The number of anilines is 1. The Morgan fingerprint density at radius 1 is 1.13 bits per heavy atom. The SMILES string of the molecule is N#Cc1ccc(N2CCN(CC(=O)NNC(=O)c3cccc([N+](=O)[O-])c3)CC2)c(F)c1. The Bertz CT molecular complexity index is 1050. The zero-order chi connectivity index (χ0) is 22.4. The zero-order valence-corrected chi connectivity index (χ0v) is 16.4. The number of nitriles is 1. The Balaban J connectivity index is 1.46. The van der Waals surface area contributed by atoms with Gasteiger partial charge in [0.05, 0.1) is 28.8 Å². The number of nitrogens with one attached hydrogen (secondary N) is 2. The van der Waals surface area contributed by atoms with E-state index in [2.05, 4.69) is 10.9 Å². The van der Waals surface area contributed by atoms with Crippen LogP contribution in [0.15, 0.2) is 42.5 Å². The average Bonchev–Trinajstić information content (AvgIpc) is 2.78. The van der Waals surface area contributed by atoms with Crippen LogP contribution in [0.4, 0.5) is 15.8 Å². The lowest BCUT2D eigenvalue weighted by atomic mass is 10.2. The molecule has 2 N–H and O–H groups in total. The Labute approximate surface area is 177 Å². The van der Waals surface area contributed by atoms with Gasteiger partial charge < -0.3 is 4.90 Å². The summed E-state index contributed by atoms with van der Waals surface area (Å²) in [5.74, 6) is -1.58. The molecule has 0 saturated carbocycles. The summed E-state index contributed by atoms with van der Waals surface area (Å²) < 4.78 is 14.2. The number of benzene rings is 2. The predicted octanol–water partition coefficient (Wildman–Crippen LogP) is 1.19. The highest BCUT2D eigenvalue weighted by atomic mass is 19.1. The van der Waals surface area contributed by atoms with Crippen LogP contribution in [0.25, 0.3) is 0 Å². The van der Waals surface area contributed by atoms with Crippen molar-refractivity contribution in [2.24, 2.45) is 0 Å². The molecular weight excluding hydrogens is 407 g/mol. The number of carbonyl (C=O) groups excluding carboxylic acids is 2. The van der Waals surface area contributed by atoms with Gasteiger partial charge in [0.1, 0.15) is 5.82 Å². The summed E-state index contributed by atoms with van der Waals surface area (Å²) >= 11 is 0. The zero-order valence-electron chi connectivity index (χ0n) is 16.4. The van der Waals surface area contributed by atoms with Gasteiger partial charge in [-0.25, -0.2) is 4.39 Å². The molecule has 0 unspecified atom stereocenters. The summed E-state index contributed by atoms with van der Waals surface area (Å²) in [6.45, 7) is 2.03. The number of hydrazine groups is 1. The van der Waals surface area contributed by atoms with E-state index < -0.39 is 22.6 Å². The standard InChI is InChI=1S/C20H19FN6O4/c21-17-10-14(12-22)4-5-18(17)26-8-6-25(7-9-26)13-19(28)23-24-20(29)15-2-1-3-16(11-15)27(30)31/h1-5,10-11H,6-9,13H2,(H,23,28)(H,24,29). The van der Waals surface area contributed by atoms with E-state index in [1.165, 1.54) is 24.3 Å². The maximum atomic E-state index is 14.2. The number of halogens is 1. The normalized spacial score (nSPS) is 13.9. The molecule has 10 nitrogen and oxygen atoms in total. The van der Waals surface area contributed by atoms with Gasteiger partial charge in [-0.15, -0.1) is 0 Å². The molecule has 2 aromatic carbocycles. The topological polar surface area (TPSA) is 132 Å². The van der Waals surface area contributed by atoms with E-state index in [-0.39, 0.29) is 23.4 Å². The van der Waals surface area contributed by atoms with Crippen molar-refractivity contribution in [3.05, 3.63) is 69.5 Å². The lowest BCUT2D eigenvalue weighted by Gasteiger charge is -2.35. The lowest BCUT2D eigenvalue weighted by molar-refractivity contribution is -0.384. The highest BCUT2D eigenvalue weighted by molar-refractivity contribution is 5.96. The summed E-state index contributed by atoms with van der Waals surface area (Å²) in [7, 11) is 0. The highest BCUT2D eigenvalue weighted by Gasteiger charge is 2.21. The van der Waals surface area contributed by atoms with Crippen molar-refractivity contribution in [2.75, 3.05) is 37.6 Å². The predicted molar refractivity (Wildman–Crippen MR) is 108 cm³/mol. The van der Waals surface area contributed by atoms with Crippen molar-refractivity contribution in [1.29, 1.82) is 5.26 Å². The molecule has 3 rings (SSSR count). The molecule has 0 bridgehead atoms. The molecule has 1 saturated heterocycles. The number of nitrogens with zero attached hydrogens (tertiary/aromatic N) is 4. The fourth-order valence-corrected chi connectivity index (χ4v) is 3.18. The second kappa shape index (κ2) is 9.64. The molecular formula is C20H19FN6O4. The maximum absolute atomic E-state index is 14.2. The molecule has 2 aromatic rings. The van der Waals surface area contributed by atoms with Crippen molar-refractivity contribution in [3.8, 4) is 6.07 Å². The van der Waals surface area contributed by atoms with E-state index in [9.17, 15) is 24.1 Å². The molecule has 160 valence electrons. The minimum absolute atomic E-state index is 0.0267. The van der Waals surface area contributed by atoms with Crippen LogP contribution >= 0.6 is 0 Å². The van der Waals surface area contributed by atoms with Crippen LogP contribution in [-0.2, 0) is 4.79 Å². The van der Waals surface area contributed by atoms with Gasteiger partial charge in [0.25, 0.3) is 17.5 Å². The minimum atomic E-state index is -0.668. The molecule has 1 aliphatic heterocycles. The van der Waals surface area contributed by atoms with E-state index in [1.807, 2.05) is 15.9 Å². The first-order chi connectivity index (χ1) is 14.9. The molecule has 1 aliphatic rings. The first-order valence-electron chi connectivity index (χ1n) is 9.38. The third-order valence-electron chi connectivity index (χ3n) is 4.79. The van der Waals surface area contributed by atoms with Gasteiger partial charge in [0.15, 0.2) is 0 Å². The molecule has 0 spiro atoms. The first-order valence-corrected chi connectivity index (χ1v) is 9.38. The number of rotatable bonds is 5. The average molecular weight is 426 g/mol. The van der Waals surface area contributed by atoms with Gasteiger partial charge >= 0.3 is 0 Å². The number of piperazine rings is 1. The third-order valence-corrected chi connectivity index (χ3v) is 4.79. The van der Waals surface area contributed by atoms with Gasteiger partial charge in [0, 0.05) is 43.9 Å². The van der Waals surface area contributed by atoms with Crippen molar-refractivity contribution < 1.29 is 18.9 Å². The summed E-state index contributed by atoms with van der Waals surface area (Å²) in [5.41, 5.74) is 5.01. The van der Waals surface area contributed by atoms with Crippen LogP contribution in [-0.4, -0.2) is 54.4 Å². The van der Waals surface area contributed by atoms with Gasteiger partial charge in [-0.3, -0.25) is 35.5 Å². The van der Waals surface area contributed by atoms with E-state index >= 15 is 0 Å². The molecule has 2 amide bonds. The number of non-ortho nitro benzene ring substituents is 1. The van der Waals surface area contributed by atoms with Crippen LogP contribution in [0, 0.1) is 27.3 Å². The molecule has 1 fully saturated rings. The smallest absolute Gasteiger partial charge is 0.270 e. The highest BCUT2D eigenvalue weighted by Crippen LogP contribution is 2.21. The minimum Gasteiger partial charge on any atom is -0.367 e. The number of nitro benzene ring substituents is 1. The van der Waals surface area contributed by atoms with Crippen LogP contribution < -0.4 is 15.8 Å². The van der Waals surface area contributed by atoms with E-state index in [0.717, 1.165) is 6.07 Å². The van der Waals surface area contributed by atoms with Gasteiger partial charge in [-0.1, -0.05) is 6.07 Å². The summed E-state index contributed by atoms with van der Waals surface area (Å²) in [5, 5.41) is 19.6. The molecule has 0 atom stereocenters. The Kier molecular flexibility index (Phi) is 6.74. The van der Waals surface area contributed by atoms with Crippen LogP contribution in [0.2, 0.25) is 0 Å². The van der Waals surface area contributed by atoms with Crippen LogP contribution in [0.5, 0.6) is 0 Å². The molecule has 0 radical (unpaired) electrons. The second-order valence-corrected chi connectivity index (χ2v) is 6.85. The van der Waals surface area contributed by atoms with E-state index in [0.29, 0.717) is 31.9 Å². The second-order valence-electron chi connectivity index (χ2n) is 6.85. The van der Waals surface area contributed by atoms with Gasteiger partial charge in [-0.2, -0.15) is 5.26 Å². The Morgan fingerprint density at radius 3 is 2.52 bits per heavy atom. The Morgan fingerprint density at radius 2 is 1.87 bits per heavy atom. The number of hydrogen-bond donors (Lipinski definition) is 2. The van der Waals surface area contributed by atoms with Crippen molar-refractivity contribution in [3.63, 3.8) is 0 Å². The summed E-state index contributed by atoms with van der Waals surface area (Å²) in [6, 6.07) is 11.4. The van der Waals surface area contributed by atoms with E-state index in [1.54, 1.807) is 12.1 Å². The summed E-state index contributed by atoms with van der Waals surface area (Å²) in [6.07, 6.45) is 0. The number of nitro groups is 1. The van der Waals surface area contributed by atoms with Gasteiger partial charge in [0.2, 0.25) is 0 Å². The quantitative estimate of drug-likeness (QED) is 0.542. The molecule has 11 heteroatoms. The van der Waals surface area contributed by atoms with Crippen LogP contribution in [0.1, 0.15) is 15.9 Å². The number of hydrogen-bond acceptors (Lipinski definition) is 7. The molecule has 1 heterocycles. The third kappa shape index (κ3) is 5.52. The van der Waals surface area contributed by atoms with Crippen LogP contribution in [0.3, 0.4) is 0 Å². The monoisotopic (exact) mass is 426 g/mol. The Hall–Kier alpha value is -4.04. The molecule has 31 heavy (non-hydrogen) atoms. The van der Waals surface area contributed by atoms with Crippen molar-refractivity contribution in [1.82, 2.24) is 15.8 Å². The summed E-state index contributed by atoms with van der Waals surface area (Å²) in [4.78, 5) is 38.1. The van der Waals surface area contributed by atoms with Crippen molar-refractivity contribution in [2.45, 2.75) is 0 Å². The molecule has 0 aliphatic carbocycles. The number of amides is 2. The first kappa shape index (κ1) is 21.7. The largest absolute Gasteiger partial charge is 0.367 e. The number of carbonyl (C=O) groups is 2. The van der Waals surface area contributed by atoms with Gasteiger partial charge in [-0.05, 0) is 24.3 Å². The lowest BCUT2D eigenvalue weighted by Crippen LogP contribution is -2.52. The fourth-order valence-electron chi connectivity index (χ4n) is 3.18. The van der Waals surface area contributed by atoms with E-state index in [4.69, 9.17) is 5.26 Å².